The minimum atomic E-state index is 0.316. The van der Waals surface area contributed by atoms with Crippen molar-refractivity contribution in [1.82, 2.24) is 10.3 Å². The highest BCUT2D eigenvalue weighted by Gasteiger charge is 2.08. The molecule has 72 valence electrons. The predicted molar refractivity (Wildman–Crippen MR) is 58.1 cm³/mol. The van der Waals surface area contributed by atoms with Crippen molar-refractivity contribution < 1.29 is 0 Å². The third-order valence-corrected chi connectivity index (χ3v) is 2.75. The van der Waals surface area contributed by atoms with Crippen molar-refractivity contribution in [2.45, 2.75) is 26.8 Å². The van der Waals surface area contributed by atoms with Gasteiger partial charge in [-0.05, 0) is 27.8 Å². The fourth-order valence-electron chi connectivity index (χ4n) is 1.16. The molecule has 0 aliphatic heterocycles. The highest BCUT2D eigenvalue weighted by Crippen LogP contribution is 2.21. The molecule has 0 saturated heterocycles. The van der Waals surface area contributed by atoms with E-state index in [1.807, 2.05) is 20.2 Å². The number of hydrogen-bond acceptors (Lipinski definition) is 3. The average Bonchev–Trinajstić information content (AvgIpc) is 2.47. The molecule has 1 unspecified atom stereocenters. The van der Waals surface area contributed by atoms with Crippen LogP contribution in [0, 0.1) is 6.92 Å². The highest BCUT2D eigenvalue weighted by molar-refractivity contribution is 7.11. The van der Waals surface area contributed by atoms with E-state index < -0.39 is 0 Å². The number of hydrogen-bond donors (Lipinski definition) is 1. The molecule has 1 aromatic rings. The van der Waals surface area contributed by atoms with E-state index in [1.54, 1.807) is 11.3 Å². The summed E-state index contributed by atoms with van der Waals surface area (Å²) < 4.78 is 0. The fourth-order valence-corrected chi connectivity index (χ4v) is 2.03. The lowest BCUT2D eigenvalue weighted by Gasteiger charge is -2.08. The Morgan fingerprint density at radius 3 is 2.69 bits per heavy atom. The summed E-state index contributed by atoms with van der Waals surface area (Å²) in [5.41, 5.74) is 1.32. The van der Waals surface area contributed by atoms with Crippen molar-refractivity contribution in [3.8, 4) is 0 Å². The molecule has 0 amide bonds. The van der Waals surface area contributed by atoms with Crippen LogP contribution in [0.2, 0.25) is 0 Å². The highest BCUT2D eigenvalue weighted by atomic mass is 32.1. The summed E-state index contributed by atoms with van der Waals surface area (Å²) in [4.78, 5) is 5.52. The first-order valence-corrected chi connectivity index (χ1v) is 5.19. The smallest absolute Gasteiger partial charge is 0.0897 e. The van der Waals surface area contributed by atoms with Gasteiger partial charge in [0.05, 0.1) is 11.0 Å². The Bertz CT molecular complexity index is 298. The number of aromatic nitrogens is 1. The second kappa shape index (κ2) is 4.53. The fraction of sp³-hybridized carbons (Fsp3) is 0.500. The van der Waals surface area contributed by atoms with Crippen molar-refractivity contribution >= 4 is 11.3 Å². The van der Waals surface area contributed by atoms with Gasteiger partial charge in [0.1, 0.15) is 0 Å². The second-order valence-electron chi connectivity index (χ2n) is 3.29. The Kier molecular flexibility index (Phi) is 3.63. The number of allylic oxidation sites excluding steroid dienone is 1. The molecular formula is C10H16N2S. The maximum absolute atomic E-state index is 4.24. The van der Waals surface area contributed by atoms with Gasteiger partial charge in [0, 0.05) is 11.1 Å². The molecule has 13 heavy (non-hydrogen) atoms. The number of aryl methyl sites for hydroxylation is 1. The van der Waals surface area contributed by atoms with E-state index in [-0.39, 0.29) is 0 Å². The minimum absolute atomic E-state index is 0.316. The van der Waals surface area contributed by atoms with Crippen molar-refractivity contribution in [3.63, 3.8) is 0 Å². The van der Waals surface area contributed by atoms with Crippen molar-refractivity contribution in [2.24, 2.45) is 0 Å². The molecule has 0 bridgehead atoms. The first-order chi connectivity index (χ1) is 6.13. The van der Waals surface area contributed by atoms with Crippen LogP contribution in [0.15, 0.2) is 17.8 Å². The quantitative estimate of drug-likeness (QED) is 0.752. The molecule has 0 spiro atoms. The van der Waals surface area contributed by atoms with E-state index >= 15 is 0 Å². The summed E-state index contributed by atoms with van der Waals surface area (Å²) in [6.45, 7) is 6.25. The Morgan fingerprint density at radius 2 is 2.31 bits per heavy atom. The number of rotatable bonds is 3. The molecule has 1 N–H and O–H groups in total. The van der Waals surface area contributed by atoms with E-state index in [0.29, 0.717) is 6.04 Å². The van der Waals surface area contributed by atoms with E-state index in [2.05, 4.69) is 30.2 Å². The maximum Gasteiger partial charge on any atom is 0.0897 e. The third kappa shape index (κ3) is 2.94. The molecular weight excluding hydrogens is 180 g/mol. The normalized spacial score (nSPS) is 12.6. The molecule has 0 aliphatic rings. The summed E-state index contributed by atoms with van der Waals surface area (Å²) >= 11 is 1.74. The monoisotopic (exact) mass is 196 g/mol. The van der Waals surface area contributed by atoms with Gasteiger partial charge in [-0.2, -0.15) is 0 Å². The number of nitrogens with zero attached hydrogens (tertiary/aromatic N) is 1. The van der Waals surface area contributed by atoms with Crippen LogP contribution in [0.25, 0.3) is 0 Å². The van der Waals surface area contributed by atoms with Crippen LogP contribution in [0.4, 0.5) is 0 Å². The summed E-state index contributed by atoms with van der Waals surface area (Å²) in [7, 11) is 1.97. The lowest BCUT2D eigenvalue weighted by atomic mass is 10.2. The summed E-state index contributed by atoms with van der Waals surface area (Å²) in [5, 5.41) is 4.38. The van der Waals surface area contributed by atoms with Gasteiger partial charge in [-0.25, -0.2) is 4.98 Å². The van der Waals surface area contributed by atoms with Gasteiger partial charge < -0.3 is 5.32 Å². The zero-order chi connectivity index (χ0) is 9.84. The van der Waals surface area contributed by atoms with Crippen LogP contribution in [0.1, 0.15) is 29.8 Å². The standard InChI is InChI=1S/C10H16N2S/c1-7(2)5-9(11-4)10-6-12-8(3)13-10/h5-6,9,11H,1-4H3. The zero-order valence-corrected chi connectivity index (χ0v) is 9.40. The summed E-state index contributed by atoms with van der Waals surface area (Å²) in [6.07, 6.45) is 4.16. The van der Waals surface area contributed by atoms with Gasteiger partial charge in [-0.15, -0.1) is 11.3 Å². The molecule has 0 aromatic carbocycles. The van der Waals surface area contributed by atoms with Crippen LogP contribution < -0.4 is 5.32 Å². The molecule has 1 atom stereocenters. The topological polar surface area (TPSA) is 24.9 Å². The lowest BCUT2D eigenvalue weighted by molar-refractivity contribution is 0.720. The predicted octanol–water partition coefficient (Wildman–Crippen LogP) is 2.68. The van der Waals surface area contributed by atoms with Crippen LogP contribution in [-0.2, 0) is 0 Å². The first kappa shape index (κ1) is 10.4. The molecule has 2 nitrogen and oxygen atoms in total. The molecule has 0 aliphatic carbocycles. The van der Waals surface area contributed by atoms with Crippen molar-refractivity contribution in [3.05, 3.63) is 27.7 Å². The molecule has 1 aromatic heterocycles. The van der Waals surface area contributed by atoms with Gasteiger partial charge >= 0.3 is 0 Å². The van der Waals surface area contributed by atoms with Gasteiger partial charge in [0.2, 0.25) is 0 Å². The van der Waals surface area contributed by atoms with E-state index in [9.17, 15) is 0 Å². The van der Waals surface area contributed by atoms with Crippen LogP contribution >= 0.6 is 11.3 Å². The first-order valence-electron chi connectivity index (χ1n) is 4.38. The zero-order valence-electron chi connectivity index (χ0n) is 8.59. The molecule has 3 heteroatoms. The Morgan fingerprint density at radius 1 is 1.62 bits per heavy atom. The Labute approximate surface area is 83.7 Å². The molecule has 0 fully saturated rings. The maximum atomic E-state index is 4.24. The van der Waals surface area contributed by atoms with Crippen molar-refractivity contribution in [2.75, 3.05) is 7.05 Å². The SMILES string of the molecule is CNC(C=C(C)C)c1cnc(C)s1. The average molecular weight is 196 g/mol. The Balaban J connectivity index is 2.84. The number of likely N-dealkylation sites (N-methyl/N-ethyl adjacent to an activating group) is 1. The van der Waals surface area contributed by atoms with Crippen LogP contribution in [0.3, 0.4) is 0 Å². The Hall–Kier alpha value is -0.670. The second-order valence-corrected chi connectivity index (χ2v) is 4.56. The third-order valence-electron chi connectivity index (χ3n) is 1.76. The van der Waals surface area contributed by atoms with E-state index in [0.717, 1.165) is 5.01 Å². The van der Waals surface area contributed by atoms with Gasteiger partial charge in [-0.3, -0.25) is 0 Å². The van der Waals surface area contributed by atoms with Gasteiger partial charge in [-0.1, -0.05) is 11.6 Å². The largest absolute Gasteiger partial charge is 0.309 e. The van der Waals surface area contributed by atoms with Crippen molar-refractivity contribution in [1.29, 1.82) is 0 Å². The summed E-state index contributed by atoms with van der Waals surface area (Å²) in [5.74, 6) is 0. The van der Waals surface area contributed by atoms with E-state index in [1.165, 1.54) is 10.5 Å². The molecule has 1 heterocycles. The van der Waals surface area contributed by atoms with E-state index in [4.69, 9.17) is 0 Å². The van der Waals surface area contributed by atoms with Crippen LogP contribution in [-0.4, -0.2) is 12.0 Å². The van der Waals surface area contributed by atoms with Gasteiger partial charge in [0.15, 0.2) is 0 Å². The molecule has 1 rings (SSSR count). The molecule has 0 radical (unpaired) electrons. The van der Waals surface area contributed by atoms with Gasteiger partial charge in [0.25, 0.3) is 0 Å². The van der Waals surface area contributed by atoms with Crippen LogP contribution in [0.5, 0.6) is 0 Å². The molecule has 0 saturated carbocycles. The number of nitrogens with one attached hydrogen (secondary N) is 1. The number of thiazole rings is 1. The lowest BCUT2D eigenvalue weighted by Crippen LogP contribution is -2.12. The summed E-state index contributed by atoms with van der Waals surface area (Å²) in [6, 6.07) is 0.316. The minimum Gasteiger partial charge on any atom is -0.309 e.